The molecule has 2 aliphatic carbocycles. The molecule has 0 bridgehead atoms. The van der Waals surface area contributed by atoms with Crippen LogP contribution in [0.25, 0.3) is 0 Å². The van der Waals surface area contributed by atoms with Gasteiger partial charge < -0.3 is 15.3 Å². The highest BCUT2D eigenvalue weighted by Gasteiger charge is 2.36. The Morgan fingerprint density at radius 1 is 1.35 bits per heavy atom. The van der Waals surface area contributed by atoms with Crippen LogP contribution >= 0.6 is 0 Å². The van der Waals surface area contributed by atoms with Crippen molar-refractivity contribution in [1.82, 2.24) is 0 Å². The Balaban J connectivity index is 2.17. The summed E-state index contributed by atoms with van der Waals surface area (Å²) in [5, 5.41) is 28.8. The second-order valence-corrected chi connectivity index (χ2v) is 5.44. The predicted molar refractivity (Wildman–Crippen MR) is 66.4 cm³/mol. The summed E-state index contributed by atoms with van der Waals surface area (Å²) in [7, 11) is 0. The maximum absolute atomic E-state index is 9.91. The summed E-state index contributed by atoms with van der Waals surface area (Å²) >= 11 is 0. The van der Waals surface area contributed by atoms with Crippen molar-refractivity contribution in [3.8, 4) is 0 Å². The van der Waals surface area contributed by atoms with Crippen LogP contribution in [0.1, 0.15) is 32.6 Å². The molecule has 4 atom stereocenters. The van der Waals surface area contributed by atoms with Gasteiger partial charge in [-0.2, -0.15) is 0 Å². The summed E-state index contributed by atoms with van der Waals surface area (Å²) in [4.78, 5) is 0. The van der Waals surface area contributed by atoms with Gasteiger partial charge in [-0.05, 0) is 37.2 Å². The summed E-state index contributed by atoms with van der Waals surface area (Å²) in [6.07, 6.45) is 2.22. The van der Waals surface area contributed by atoms with Crippen molar-refractivity contribution in [2.75, 3.05) is 6.61 Å². The molecule has 3 N–H and O–H groups in total. The van der Waals surface area contributed by atoms with E-state index in [9.17, 15) is 10.2 Å². The van der Waals surface area contributed by atoms with E-state index in [1.54, 1.807) is 0 Å². The molecule has 0 saturated heterocycles. The Morgan fingerprint density at radius 3 is 2.71 bits per heavy atom. The van der Waals surface area contributed by atoms with Crippen LogP contribution in [0.5, 0.6) is 0 Å². The van der Waals surface area contributed by atoms with Crippen LogP contribution < -0.4 is 0 Å². The van der Waals surface area contributed by atoms with Crippen molar-refractivity contribution in [2.45, 2.75) is 44.8 Å². The summed E-state index contributed by atoms with van der Waals surface area (Å²) in [6, 6.07) is 0. The minimum absolute atomic E-state index is 0.0306. The van der Waals surface area contributed by atoms with E-state index in [1.165, 1.54) is 11.1 Å². The van der Waals surface area contributed by atoms with Crippen LogP contribution in [0.15, 0.2) is 23.3 Å². The number of aliphatic hydroxyl groups excluding tert-OH is 3. The standard InChI is InChI=1S/C14H22O3/c1-8(7-15)10-3-4-11-6-13(16)14(17)9(2)12(11)5-10/h9-10,13-17H,1,3-7H2,2H3/t9-,10+,13+,14+/m1/s1. The maximum Gasteiger partial charge on any atom is 0.0864 e. The van der Waals surface area contributed by atoms with Crippen molar-refractivity contribution in [3.05, 3.63) is 23.3 Å². The van der Waals surface area contributed by atoms with Crippen LogP contribution in [-0.4, -0.2) is 34.1 Å². The first-order chi connectivity index (χ1) is 8.04. The third-order valence-electron chi connectivity index (χ3n) is 4.41. The van der Waals surface area contributed by atoms with E-state index in [0.29, 0.717) is 12.3 Å². The zero-order valence-electron chi connectivity index (χ0n) is 10.4. The summed E-state index contributed by atoms with van der Waals surface area (Å²) in [5.41, 5.74) is 3.50. The molecule has 0 aromatic rings. The average Bonchev–Trinajstić information content (AvgIpc) is 2.35. The number of rotatable bonds is 2. The van der Waals surface area contributed by atoms with Gasteiger partial charge in [-0.3, -0.25) is 0 Å². The van der Waals surface area contributed by atoms with Crippen LogP contribution in [0.2, 0.25) is 0 Å². The van der Waals surface area contributed by atoms with E-state index in [-0.39, 0.29) is 12.5 Å². The van der Waals surface area contributed by atoms with E-state index in [0.717, 1.165) is 24.8 Å². The Kier molecular flexibility index (Phi) is 3.71. The van der Waals surface area contributed by atoms with Crippen LogP contribution in [0.3, 0.4) is 0 Å². The lowest BCUT2D eigenvalue weighted by Crippen LogP contribution is -2.39. The number of hydrogen-bond donors (Lipinski definition) is 3. The topological polar surface area (TPSA) is 60.7 Å². The molecule has 0 saturated carbocycles. The number of aliphatic hydroxyl groups is 3. The van der Waals surface area contributed by atoms with Gasteiger partial charge in [0.15, 0.2) is 0 Å². The third kappa shape index (κ3) is 2.32. The maximum atomic E-state index is 9.91. The minimum Gasteiger partial charge on any atom is -0.392 e. The first-order valence-electron chi connectivity index (χ1n) is 6.40. The van der Waals surface area contributed by atoms with Gasteiger partial charge in [0.05, 0.1) is 18.8 Å². The molecule has 3 heteroatoms. The molecule has 0 unspecified atom stereocenters. The van der Waals surface area contributed by atoms with Crippen LogP contribution in [0, 0.1) is 11.8 Å². The number of hydrogen-bond acceptors (Lipinski definition) is 3. The van der Waals surface area contributed by atoms with Gasteiger partial charge in [-0.25, -0.2) is 0 Å². The minimum atomic E-state index is -0.644. The third-order valence-corrected chi connectivity index (χ3v) is 4.41. The van der Waals surface area contributed by atoms with E-state index in [2.05, 4.69) is 6.58 Å². The molecular formula is C14H22O3. The first-order valence-corrected chi connectivity index (χ1v) is 6.40. The van der Waals surface area contributed by atoms with Gasteiger partial charge in [0.1, 0.15) is 0 Å². The van der Waals surface area contributed by atoms with Gasteiger partial charge in [-0.1, -0.05) is 24.6 Å². The highest BCUT2D eigenvalue weighted by molar-refractivity contribution is 5.28. The highest BCUT2D eigenvalue weighted by atomic mass is 16.3. The summed E-state index contributed by atoms with van der Waals surface area (Å²) in [6.45, 7) is 5.94. The van der Waals surface area contributed by atoms with E-state index in [1.807, 2.05) is 6.92 Å². The summed E-state index contributed by atoms with van der Waals surface area (Å²) in [5.74, 6) is 0.367. The Hall–Kier alpha value is -0.640. The zero-order chi connectivity index (χ0) is 12.6. The molecule has 2 rings (SSSR count). The molecule has 96 valence electrons. The van der Waals surface area contributed by atoms with Gasteiger partial charge in [0, 0.05) is 5.92 Å². The Morgan fingerprint density at radius 2 is 2.06 bits per heavy atom. The van der Waals surface area contributed by atoms with Gasteiger partial charge in [0.2, 0.25) is 0 Å². The fraction of sp³-hybridized carbons (Fsp3) is 0.714. The molecule has 3 nitrogen and oxygen atoms in total. The molecule has 0 aromatic carbocycles. The van der Waals surface area contributed by atoms with E-state index >= 15 is 0 Å². The quantitative estimate of drug-likeness (QED) is 0.637. The molecule has 0 amide bonds. The molecule has 0 spiro atoms. The van der Waals surface area contributed by atoms with E-state index in [4.69, 9.17) is 5.11 Å². The van der Waals surface area contributed by atoms with Crippen LogP contribution in [-0.2, 0) is 0 Å². The average molecular weight is 238 g/mol. The normalized spacial score (nSPS) is 37.9. The van der Waals surface area contributed by atoms with Crippen molar-refractivity contribution in [2.24, 2.45) is 11.8 Å². The molecule has 0 aliphatic heterocycles. The zero-order valence-corrected chi connectivity index (χ0v) is 10.4. The Labute approximate surface area is 102 Å². The highest BCUT2D eigenvalue weighted by Crippen LogP contribution is 2.42. The molecule has 2 aliphatic rings. The van der Waals surface area contributed by atoms with Crippen molar-refractivity contribution >= 4 is 0 Å². The molecule has 0 radical (unpaired) electrons. The van der Waals surface area contributed by atoms with E-state index < -0.39 is 12.2 Å². The smallest absolute Gasteiger partial charge is 0.0864 e. The summed E-state index contributed by atoms with van der Waals surface area (Å²) < 4.78 is 0. The fourth-order valence-corrected chi connectivity index (χ4v) is 3.15. The van der Waals surface area contributed by atoms with Crippen molar-refractivity contribution in [1.29, 1.82) is 0 Å². The first kappa shape index (κ1) is 12.8. The predicted octanol–water partition coefficient (Wildman–Crippen LogP) is 1.39. The largest absolute Gasteiger partial charge is 0.392 e. The van der Waals surface area contributed by atoms with Crippen molar-refractivity contribution in [3.63, 3.8) is 0 Å². The lowest BCUT2D eigenvalue weighted by Gasteiger charge is -2.39. The lowest BCUT2D eigenvalue weighted by molar-refractivity contribution is -0.0143. The second-order valence-electron chi connectivity index (χ2n) is 5.44. The Bertz CT molecular complexity index is 345. The molecule has 0 heterocycles. The van der Waals surface area contributed by atoms with Gasteiger partial charge in [-0.15, -0.1) is 0 Å². The molecular weight excluding hydrogens is 216 g/mol. The van der Waals surface area contributed by atoms with Gasteiger partial charge >= 0.3 is 0 Å². The van der Waals surface area contributed by atoms with Crippen molar-refractivity contribution < 1.29 is 15.3 Å². The van der Waals surface area contributed by atoms with Crippen LogP contribution in [0.4, 0.5) is 0 Å². The molecule has 0 aromatic heterocycles. The van der Waals surface area contributed by atoms with Gasteiger partial charge in [0.25, 0.3) is 0 Å². The molecule has 17 heavy (non-hydrogen) atoms. The SMILES string of the molecule is C=C(CO)[C@H]1CCC2=C(C1)[C@@H](C)[C@H](O)[C@@H](O)C2. The fourth-order valence-electron chi connectivity index (χ4n) is 3.15. The molecule has 0 fully saturated rings. The monoisotopic (exact) mass is 238 g/mol. The second kappa shape index (κ2) is 4.92. The lowest BCUT2D eigenvalue weighted by atomic mass is 9.70.